The Hall–Kier alpha value is -1.11. The summed E-state index contributed by atoms with van der Waals surface area (Å²) in [5.74, 6) is 0.830. The van der Waals surface area contributed by atoms with Crippen molar-refractivity contribution in [1.82, 2.24) is 14.8 Å². The summed E-state index contributed by atoms with van der Waals surface area (Å²) in [7, 11) is -1.42. The number of rotatable bonds is 1. The van der Waals surface area contributed by atoms with Crippen LogP contribution >= 0.6 is 0 Å². The molecule has 0 amide bonds. The highest BCUT2D eigenvalue weighted by Crippen LogP contribution is 2.31. The average molecular weight is 230 g/mol. The molecule has 0 aliphatic carbocycles. The Labute approximate surface area is 88.4 Å². The third-order valence-electron chi connectivity index (χ3n) is 2.68. The van der Waals surface area contributed by atoms with Gasteiger partial charge in [-0.2, -0.15) is 10.1 Å². The number of nitrogen functional groups attached to an aromatic ring is 1. The van der Waals surface area contributed by atoms with Crippen molar-refractivity contribution in [1.29, 1.82) is 0 Å². The number of anilines is 1. The molecule has 0 spiro atoms. The topological polar surface area (TPSA) is 90.9 Å². The van der Waals surface area contributed by atoms with Crippen molar-refractivity contribution in [3.05, 3.63) is 5.82 Å². The summed E-state index contributed by atoms with van der Waals surface area (Å²) in [6.07, 6.45) is 2.25. The maximum atomic E-state index is 11.8. The molecular weight excluding hydrogens is 216 g/mol. The van der Waals surface area contributed by atoms with Gasteiger partial charge >= 0.3 is 0 Å². The molecule has 1 aromatic rings. The molecule has 15 heavy (non-hydrogen) atoms. The van der Waals surface area contributed by atoms with Crippen LogP contribution in [0.25, 0.3) is 0 Å². The van der Waals surface area contributed by atoms with Crippen LogP contribution in [-0.4, -0.2) is 28.9 Å². The summed E-state index contributed by atoms with van der Waals surface area (Å²) in [5.41, 5.74) is 5.53. The van der Waals surface area contributed by atoms with E-state index in [4.69, 9.17) is 5.73 Å². The van der Waals surface area contributed by atoms with Gasteiger partial charge in [-0.3, -0.25) is 0 Å². The lowest BCUT2D eigenvalue weighted by Gasteiger charge is -2.19. The number of hydrogen-bond donors (Lipinski definition) is 1. The van der Waals surface area contributed by atoms with Crippen molar-refractivity contribution in [3.63, 3.8) is 0 Å². The Kier molecular flexibility index (Phi) is 2.41. The van der Waals surface area contributed by atoms with Crippen molar-refractivity contribution in [2.75, 3.05) is 11.5 Å². The van der Waals surface area contributed by atoms with E-state index in [1.807, 2.05) is 0 Å². The van der Waals surface area contributed by atoms with Crippen LogP contribution < -0.4 is 5.73 Å². The van der Waals surface area contributed by atoms with E-state index in [9.17, 15) is 8.42 Å². The molecule has 1 aliphatic rings. The third kappa shape index (κ3) is 1.83. The molecule has 1 aliphatic heterocycles. The first-order valence-corrected chi connectivity index (χ1v) is 6.60. The third-order valence-corrected chi connectivity index (χ3v) is 4.85. The Morgan fingerprint density at radius 3 is 2.73 bits per heavy atom. The van der Waals surface area contributed by atoms with Crippen molar-refractivity contribution < 1.29 is 8.42 Å². The van der Waals surface area contributed by atoms with Crippen LogP contribution in [0.2, 0.25) is 0 Å². The van der Waals surface area contributed by atoms with Gasteiger partial charge in [0, 0.05) is 7.05 Å². The van der Waals surface area contributed by atoms with Crippen molar-refractivity contribution >= 4 is 15.8 Å². The number of aryl methyl sites for hydroxylation is 1. The van der Waals surface area contributed by atoms with Gasteiger partial charge in [0.15, 0.2) is 15.7 Å². The van der Waals surface area contributed by atoms with E-state index in [1.54, 1.807) is 7.05 Å². The van der Waals surface area contributed by atoms with E-state index < -0.39 is 15.1 Å². The summed E-state index contributed by atoms with van der Waals surface area (Å²) in [4.78, 5) is 3.98. The van der Waals surface area contributed by atoms with Crippen LogP contribution in [0.3, 0.4) is 0 Å². The number of hydrogen-bond acceptors (Lipinski definition) is 5. The number of aromatic nitrogens is 3. The van der Waals surface area contributed by atoms with Gasteiger partial charge < -0.3 is 5.73 Å². The molecule has 7 heteroatoms. The fraction of sp³-hybridized carbons (Fsp3) is 0.750. The molecule has 0 radical (unpaired) electrons. The van der Waals surface area contributed by atoms with Crippen molar-refractivity contribution in [2.24, 2.45) is 7.05 Å². The summed E-state index contributed by atoms with van der Waals surface area (Å²) in [6.45, 7) is 0. The average Bonchev–Trinajstić information content (AvgIpc) is 2.46. The minimum atomic E-state index is -3.07. The van der Waals surface area contributed by atoms with E-state index in [2.05, 4.69) is 10.1 Å². The maximum absolute atomic E-state index is 11.8. The molecule has 0 saturated carbocycles. The molecular formula is C8H14N4O2S. The van der Waals surface area contributed by atoms with Gasteiger partial charge in [0.2, 0.25) is 5.95 Å². The number of nitrogens with zero attached hydrogens (tertiary/aromatic N) is 3. The fourth-order valence-electron chi connectivity index (χ4n) is 1.80. The van der Waals surface area contributed by atoms with E-state index in [0.29, 0.717) is 12.2 Å². The van der Waals surface area contributed by atoms with Crippen molar-refractivity contribution in [3.8, 4) is 0 Å². The highest BCUT2D eigenvalue weighted by molar-refractivity contribution is 7.91. The van der Waals surface area contributed by atoms with Gasteiger partial charge in [0.05, 0.1) is 5.75 Å². The Morgan fingerprint density at radius 2 is 2.20 bits per heavy atom. The number of nitrogens with two attached hydrogens (primary N) is 1. The summed E-state index contributed by atoms with van der Waals surface area (Å²) in [6, 6.07) is 0. The van der Waals surface area contributed by atoms with Gasteiger partial charge in [0.25, 0.3) is 0 Å². The van der Waals surface area contributed by atoms with Crippen LogP contribution in [0.15, 0.2) is 0 Å². The van der Waals surface area contributed by atoms with Gasteiger partial charge in [-0.1, -0.05) is 6.42 Å². The summed E-state index contributed by atoms with van der Waals surface area (Å²) >= 11 is 0. The van der Waals surface area contributed by atoms with Crippen LogP contribution in [0, 0.1) is 0 Å². The van der Waals surface area contributed by atoms with Gasteiger partial charge in [-0.05, 0) is 12.8 Å². The first-order valence-electron chi connectivity index (χ1n) is 4.88. The maximum Gasteiger partial charge on any atom is 0.218 e. The minimum absolute atomic E-state index is 0.232. The predicted molar refractivity (Wildman–Crippen MR) is 55.8 cm³/mol. The summed E-state index contributed by atoms with van der Waals surface area (Å²) < 4.78 is 24.9. The lowest BCUT2D eigenvalue weighted by Crippen LogP contribution is -2.22. The SMILES string of the molecule is Cn1nc(C2CCCCS2(=O)=O)nc1N. The Bertz CT molecular complexity index is 445. The quantitative estimate of drug-likeness (QED) is 0.735. The van der Waals surface area contributed by atoms with E-state index in [0.717, 1.165) is 12.8 Å². The second kappa shape index (κ2) is 3.48. The second-order valence-electron chi connectivity index (χ2n) is 3.80. The monoisotopic (exact) mass is 230 g/mol. The lowest BCUT2D eigenvalue weighted by molar-refractivity contribution is 0.537. The van der Waals surface area contributed by atoms with Crippen LogP contribution in [0.4, 0.5) is 5.95 Å². The van der Waals surface area contributed by atoms with Crippen LogP contribution in [-0.2, 0) is 16.9 Å². The summed E-state index contributed by atoms with van der Waals surface area (Å²) in [5, 5.41) is 3.47. The molecule has 1 saturated heterocycles. The Morgan fingerprint density at radius 1 is 1.47 bits per heavy atom. The van der Waals surface area contributed by atoms with Gasteiger partial charge in [-0.25, -0.2) is 13.1 Å². The highest BCUT2D eigenvalue weighted by atomic mass is 32.2. The molecule has 0 bridgehead atoms. The molecule has 1 fully saturated rings. The molecule has 1 atom stereocenters. The zero-order valence-electron chi connectivity index (χ0n) is 8.55. The second-order valence-corrected chi connectivity index (χ2v) is 6.11. The molecule has 1 aromatic heterocycles. The Balaban J connectivity index is 2.37. The van der Waals surface area contributed by atoms with Gasteiger partial charge in [-0.15, -0.1) is 0 Å². The largest absolute Gasteiger partial charge is 0.368 e. The molecule has 84 valence electrons. The minimum Gasteiger partial charge on any atom is -0.368 e. The first-order chi connectivity index (χ1) is 7.00. The molecule has 0 aromatic carbocycles. The molecule has 2 rings (SSSR count). The van der Waals surface area contributed by atoms with E-state index >= 15 is 0 Å². The predicted octanol–water partition coefficient (Wildman–Crippen LogP) is 0.0371. The zero-order chi connectivity index (χ0) is 11.1. The standard InChI is InChI=1S/C8H14N4O2S/c1-12-8(9)10-7(11-12)6-4-2-3-5-15(6,13)14/h6H,2-5H2,1H3,(H2,9,10,11). The van der Waals surface area contributed by atoms with Crippen LogP contribution in [0.1, 0.15) is 30.3 Å². The molecule has 2 heterocycles. The molecule has 6 nitrogen and oxygen atoms in total. The van der Waals surface area contributed by atoms with Crippen LogP contribution in [0.5, 0.6) is 0 Å². The smallest absolute Gasteiger partial charge is 0.218 e. The fourth-order valence-corrected chi connectivity index (χ4v) is 3.64. The first kappa shape index (κ1) is 10.4. The number of sulfone groups is 1. The zero-order valence-corrected chi connectivity index (χ0v) is 9.37. The van der Waals surface area contributed by atoms with Crippen molar-refractivity contribution in [2.45, 2.75) is 24.5 Å². The normalized spacial score (nSPS) is 25.3. The van der Waals surface area contributed by atoms with E-state index in [1.165, 1.54) is 4.68 Å². The molecule has 2 N–H and O–H groups in total. The van der Waals surface area contributed by atoms with E-state index in [-0.39, 0.29) is 11.7 Å². The highest BCUT2D eigenvalue weighted by Gasteiger charge is 2.33. The van der Waals surface area contributed by atoms with Gasteiger partial charge in [0.1, 0.15) is 5.25 Å². The lowest BCUT2D eigenvalue weighted by atomic mass is 10.2. The molecule has 1 unspecified atom stereocenters.